The Balaban J connectivity index is 2.05. The molecule has 0 bridgehead atoms. The van der Waals surface area contributed by atoms with Crippen LogP contribution in [0.25, 0.3) is 0 Å². The first-order chi connectivity index (χ1) is 14.3. The predicted octanol–water partition coefficient (Wildman–Crippen LogP) is 2.68. The highest BCUT2D eigenvalue weighted by Gasteiger charge is 2.08. The van der Waals surface area contributed by atoms with Crippen molar-refractivity contribution in [3.8, 4) is 5.75 Å². The molecule has 0 amide bonds. The first kappa shape index (κ1) is 23.7. The van der Waals surface area contributed by atoms with E-state index < -0.39 is 9.84 Å². The van der Waals surface area contributed by atoms with Crippen LogP contribution < -0.4 is 15.4 Å². The van der Waals surface area contributed by atoms with Gasteiger partial charge in [-0.3, -0.25) is 0 Å². The van der Waals surface area contributed by atoms with Gasteiger partial charge in [0, 0.05) is 32.0 Å². The molecule has 0 spiro atoms. The van der Waals surface area contributed by atoms with E-state index in [4.69, 9.17) is 9.47 Å². The molecule has 0 aliphatic carbocycles. The van der Waals surface area contributed by atoms with Crippen LogP contribution in [0, 0.1) is 6.92 Å². The molecule has 0 aliphatic rings. The second kappa shape index (κ2) is 11.6. The van der Waals surface area contributed by atoms with Gasteiger partial charge in [-0.15, -0.1) is 0 Å². The molecule has 164 valence electrons. The van der Waals surface area contributed by atoms with Crippen LogP contribution >= 0.6 is 0 Å². The topological polar surface area (TPSA) is 89.0 Å². The smallest absolute Gasteiger partial charge is 0.191 e. The summed E-state index contributed by atoms with van der Waals surface area (Å²) < 4.78 is 34.1. The van der Waals surface area contributed by atoms with Crippen molar-refractivity contribution < 1.29 is 17.9 Å². The molecule has 0 atom stereocenters. The fourth-order valence-corrected chi connectivity index (χ4v) is 3.34. The summed E-state index contributed by atoms with van der Waals surface area (Å²) >= 11 is 0. The molecular weight excluding hydrogens is 402 g/mol. The number of nitrogens with zero attached hydrogens (tertiary/aromatic N) is 1. The van der Waals surface area contributed by atoms with Crippen molar-refractivity contribution in [3.63, 3.8) is 0 Å². The zero-order valence-corrected chi connectivity index (χ0v) is 18.9. The number of ether oxygens (including phenoxy) is 2. The third kappa shape index (κ3) is 7.68. The van der Waals surface area contributed by atoms with Crippen LogP contribution in [-0.4, -0.2) is 47.5 Å². The molecule has 7 nitrogen and oxygen atoms in total. The molecule has 2 aromatic carbocycles. The zero-order valence-electron chi connectivity index (χ0n) is 18.1. The van der Waals surface area contributed by atoms with E-state index in [-0.39, 0.29) is 0 Å². The lowest BCUT2D eigenvalue weighted by Crippen LogP contribution is -2.36. The Morgan fingerprint density at radius 2 is 1.80 bits per heavy atom. The Morgan fingerprint density at radius 1 is 1.07 bits per heavy atom. The Kier molecular flexibility index (Phi) is 9.14. The monoisotopic (exact) mass is 433 g/mol. The van der Waals surface area contributed by atoms with E-state index in [9.17, 15) is 8.42 Å². The van der Waals surface area contributed by atoms with Crippen molar-refractivity contribution in [1.82, 2.24) is 10.6 Å². The van der Waals surface area contributed by atoms with Gasteiger partial charge in [0.2, 0.25) is 0 Å². The van der Waals surface area contributed by atoms with Crippen molar-refractivity contribution in [1.29, 1.82) is 0 Å². The van der Waals surface area contributed by atoms with Crippen LogP contribution in [0.2, 0.25) is 0 Å². The SMILES string of the molecule is CCNC(=NCc1ccc(S(C)(=O)=O)cc1)NCc1ccc(C)cc1OCCOC. The van der Waals surface area contributed by atoms with E-state index in [1.54, 1.807) is 31.4 Å². The summed E-state index contributed by atoms with van der Waals surface area (Å²) in [5.41, 5.74) is 3.09. The van der Waals surface area contributed by atoms with Gasteiger partial charge in [0.05, 0.1) is 18.0 Å². The lowest BCUT2D eigenvalue weighted by Gasteiger charge is -2.15. The van der Waals surface area contributed by atoms with Gasteiger partial charge >= 0.3 is 0 Å². The number of rotatable bonds is 10. The van der Waals surface area contributed by atoms with Crippen LogP contribution in [0.15, 0.2) is 52.4 Å². The second-order valence-corrected chi connectivity index (χ2v) is 8.93. The average Bonchev–Trinajstić information content (AvgIpc) is 2.71. The fraction of sp³-hybridized carbons (Fsp3) is 0.409. The van der Waals surface area contributed by atoms with Gasteiger partial charge in [0.1, 0.15) is 12.4 Å². The maximum absolute atomic E-state index is 11.6. The van der Waals surface area contributed by atoms with Gasteiger partial charge in [0.15, 0.2) is 15.8 Å². The minimum atomic E-state index is -3.19. The summed E-state index contributed by atoms with van der Waals surface area (Å²) in [5.74, 6) is 1.50. The number of aliphatic imine (C=N–C) groups is 1. The zero-order chi connectivity index (χ0) is 22.0. The Labute approximate surface area is 179 Å². The lowest BCUT2D eigenvalue weighted by atomic mass is 10.1. The summed E-state index contributed by atoms with van der Waals surface area (Å²) in [6.45, 7) is 6.77. The highest BCUT2D eigenvalue weighted by Crippen LogP contribution is 2.20. The standard InChI is InChI=1S/C22H31N3O4S/c1-5-23-22(24-15-18-7-10-20(11-8-18)30(4,26)27)25-16-19-9-6-17(2)14-21(19)29-13-12-28-3/h6-11,14H,5,12-13,15-16H2,1-4H3,(H2,23,24,25). The number of aryl methyl sites for hydroxylation is 1. The molecule has 2 rings (SSSR count). The maximum atomic E-state index is 11.6. The minimum absolute atomic E-state index is 0.306. The lowest BCUT2D eigenvalue weighted by molar-refractivity contribution is 0.145. The normalized spacial score (nSPS) is 11.9. The Bertz CT molecular complexity index is 941. The molecule has 30 heavy (non-hydrogen) atoms. The van der Waals surface area contributed by atoms with Gasteiger partial charge < -0.3 is 20.1 Å². The quantitative estimate of drug-likeness (QED) is 0.340. The molecule has 0 aliphatic heterocycles. The van der Waals surface area contributed by atoms with Crippen LogP contribution in [0.1, 0.15) is 23.6 Å². The molecule has 8 heteroatoms. The highest BCUT2D eigenvalue weighted by atomic mass is 32.2. The molecule has 0 unspecified atom stereocenters. The van der Waals surface area contributed by atoms with E-state index >= 15 is 0 Å². The molecule has 0 fully saturated rings. The van der Waals surface area contributed by atoms with Crippen molar-refractivity contribution >= 4 is 15.8 Å². The van der Waals surface area contributed by atoms with Gasteiger partial charge in [-0.1, -0.05) is 24.3 Å². The van der Waals surface area contributed by atoms with E-state index in [1.165, 1.54) is 6.26 Å². The van der Waals surface area contributed by atoms with Gasteiger partial charge in [0.25, 0.3) is 0 Å². The number of sulfone groups is 1. The fourth-order valence-electron chi connectivity index (χ4n) is 2.71. The van der Waals surface area contributed by atoms with E-state index in [2.05, 4.69) is 15.6 Å². The molecule has 0 radical (unpaired) electrons. The largest absolute Gasteiger partial charge is 0.491 e. The Morgan fingerprint density at radius 3 is 2.43 bits per heavy atom. The number of guanidine groups is 1. The summed E-state index contributed by atoms with van der Waals surface area (Å²) in [6.07, 6.45) is 1.20. The summed E-state index contributed by atoms with van der Waals surface area (Å²) in [6, 6.07) is 12.9. The van der Waals surface area contributed by atoms with Gasteiger partial charge in [-0.25, -0.2) is 13.4 Å². The van der Waals surface area contributed by atoms with Crippen LogP contribution in [-0.2, 0) is 27.7 Å². The number of benzene rings is 2. The molecule has 2 aromatic rings. The van der Waals surface area contributed by atoms with Crippen LogP contribution in [0.4, 0.5) is 0 Å². The van der Waals surface area contributed by atoms with Crippen LogP contribution in [0.3, 0.4) is 0 Å². The molecule has 0 heterocycles. The number of nitrogens with one attached hydrogen (secondary N) is 2. The second-order valence-electron chi connectivity index (χ2n) is 6.92. The van der Waals surface area contributed by atoms with Gasteiger partial charge in [-0.05, 0) is 43.2 Å². The summed E-state index contributed by atoms with van der Waals surface area (Å²) in [4.78, 5) is 4.90. The van der Waals surface area contributed by atoms with E-state index in [0.717, 1.165) is 29.0 Å². The third-order valence-electron chi connectivity index (χ3n) is 4.33. The number of methoxy groups -OCH3 is 1. The van der Waals surface area contributed by atoms with Crippen molar-refractivity contribution in [2.45, 2.75) is 31.8 Å². The van der Waals surface area contributed by atoms with Crippen molar-refractivity contribution in [2.75, 3.05) is 33.1 Å². The van der Waals surface area contributed by atoms with Crippen molar-refractivity contribution in [3.05, 3.63) is 59.2 Å². The van der Waals surface area contributed by atoms with E-state index in [1.807, 2.05) is 32.0 Å². The molecular formula is C22H31N3O4S. The Hall–Kier alpha value is -2.58. The number of hydrogen-bond donors (Lipinski definition) is 2. The number of hydrogen-bond acceptors (Lipinski definition) is 5. The molecule has 0 saturated carbocycles. The van der Waals surface area contributed by atoms with Gasteiger partial charge in [-0.2, -0.15) is 0 Å². The predicted molar refractivity (Wildman–Crippen MR) is 120 cm³/mol. The first-order valence-corrected chi connectivity index (χ1v) is 11.7. The summed E-state index contributed by atoms with van der Waals surface area (Å²) in [5, 5.41) is 6.55. The first-order valence-electron chi connectivity index (χ1n) is 9.86. The summed E-state index contributed by atoms with van der Waals surface area (Å²) in [7, 11) is -1.55. The average molecular weight is 434 g/mol. The highest BCUT2D eigenvalue weighted by molar-refractivity contribution is 7.90. The molecule has 0 saturated heterocycles. The molecule has 0 aromatic heterocycles. The van der Waals surface area contributed by atoms with E-state index in [0.29, 0.717) is 37.2 Å². The van der Waals surface area contributed by atoms with Crippen LogP contribution in [0.5, 0.6) is 5.75 Å². The molecule has 2 N–H and O–H groups in total. The van der Waals surface area contributed by atoms with Crippen molar-refractivity contribution in [2.24, 2.45) is 4.99 Å². The minimum Gasteiger partial charge on any atom is -0.491 e. The maximum Gasteiger partial charge on any atom is 0.191 e. The third-order valence-corrected chi connectivity index (χ3v) is 5.46.